The first-order chi connectivity index (χ1) is 16.3. The third kappa shape index (κ3) is 4.51. The molecule has 2 aliphatic heterocycles. The average Bonchev–Trinajstić information content (AvgIpc) is 3.40. The Morgan fingerprint density at radius 3 is 2.51 bits per heavy atom. The van der Waals surface area contributed by atoms with Crippen LogP contribution in [0.15, 0.2) is 22.6 Å². The van der Waals surface area contributed by atoms with E-state index in [4.69, 9.17) is 23.4 Å². The Bertz CT molecular complexity index is 1120. The summed E-state index contributed by atoms with van der Waals surface area (Å²) in [6, 6.07) is 6.18. The number of likely N-dealkylation sites (tertiary alicyclic amines) is 1. The lowest BCUT2D eigenvalue weighted by Crippen LogP contribution is -2.41. The second kappa shape index (κ2) is 8.37. The Labute approximate surface area is 208 Å². The van der Waals surface area contributed by atoms with Gasteiger partial charge in [-0.15, -0.1) is 0 Å². The summed E-state index contributed by atoms with van der Waals surface area (Å²) in [5.41, 5.74) is 2.99. The molecule has 7 nitrogen and oxygen atoms in total. The Kier molecular flexibility index (Phi) is 5.83. The van der Waals surface area contributed by atoms with Crippen LogP contribution in [-0.2, 0) is 26.9 Å². The molecule has 0 unspecified atom stereocenters. The lowest BCUT2D eigenvalue weighted by Gasteiger charge is -2.32. The molecule has 1 aliphatic carbocycles. The molecule has 0 spiro atoms. The highest BCUT2D eigenvalue weighted by Crippen LogP contribution is 2.40. The molecule has 0 N–H and O–H groups in total. The molecule has 1 atom stereocenters. The number of aromatic nitrogens is 1. The van der Waals surface area contributed by atoms with Crippen molar-refractivity contribution < 1.29 is 23.3 Å². The molecule has 8 heteroatoms. The van der Waals surface area contributed by atoms with E-state index in [0.29, 0.717) is 12.4 Å². The number of aryl methyl sites for hydroxylation is 2. The zero-order valence-electron chi connectivity index (χ0n) is 22.1. The summed E-state index contributed by atoms with van der Waals surface area (Å²) >= 11 is 0. The molecule has 35 heavy (non-hydrogen) atoms. The lowest BCUT2D eigenvalue weighted by molar-refractivity contribution is 0.00578. The molecular formula is C27H37BN2O5. The topological polar surface area (TPSA) is 74.0 Å². The first-order valence-electron chi connectivity index (χ1n) is 12.8. The molecule has 0 bridgehead atoms. The number of oxazole rings is 1. The summed E-state index contributed by atoms with van der Waals surface area (Å²) in [5.74, 6) is 1.44. The zero-order chi connectivity index (χ0) is 25.2. The van der Waals surface area contributed by atoms with Crippen LogP contribution in [-0.4, -0.2) is 46.4 Å². The normalized spacial score (nSPS) is 23.1. The Morgan fingerprint density at radius 1 is 1.11 bits per heavy atom. The first kappa shape index (κ1) is 24.4. The first-order valence-corrected chi connectivity index (χ1v) is 12.8. The predicted octanol–water partition coefficient (Wildman–Crippen LogP) is 5.20. The lowest BCUT2D eigenvalue weighted by atomic mass is 9.77. The van der Waals surface area contributed by atoms with E-state index in [1.165, 1.54) is 5.56 Å². The van der Waals surface area contributed by atoms with Crippen molar-refractivity contribution in [2.75, 3.05) is 6.54 Å². The number of carbonyl (C=O) groups excluding carboxylic acids is 1. The van der Waals surface area contributed by atoms with Gasteiger partial charge in [-0.05, 0) is 91.6 Å². The summed E-state index contributed by atoms with van der Waals surface area (Å²) in [5, 5.41) is 0. The number of hydrogen-bond acceptors (Lipinski definition) is 6. The average molecular weight is 480 g/mol. The number of rotatable bonds is 2. The predicted molar refractivity (Wildman–Crippen MR) is 135 cm³/mol. The number of benzene rings is 1. The second-order valence-corrected chi connectivity index (χ2v) is 12.0. The Morgan fingerprint density at radius 2 is 1.83 bits per heavy atom. The van der Waals surface area contributed by atoms with Crippen LogP contribution in [0.3, 0.4) is 0 Å². The minimum atomic E-state index is -0.536. The van der Waals surface area contributed by atoms with Crippen molar-refractivity contribution in [2.45, 2.75) is 103 Å². The maximum atomic E-state index is 12.8. The monoisotopic (exact) mass is 480 g/mol. The van der Waals surface area contributed by atoms with Gasteiger partial charge < -0.3 is 18.5 Å². The summed E-state index contributed by atoms with van der Waals surface area (Å²) in [6.07, 6.45) is 4.20. The van der Waals surface area contributed by atoms with Crippen LogP contribution in [0, 0.1) is 0 Å². The number of amides is 1. The van der Waals surface area contributed by atoms with Gasteiger partial charge in [-0.1, -0.05) is 18.2 Å². The van der Waals surface area contributed by atoms with Gasteiger partial charge in [0.05, 0.1) is 16.9 Å². The number of carbonyl (C=O) groups is 1. The minimum absolute atomic E-state index is 0.191. The third-order valence-corrected chi connectivity index (χ3v) is 7.64. The highest BCUT2D eigenvalue weighted by atomic mass is 16.7. The SMILES string of the molecule is CC(C)(C)OC(=O)N1CCC[C@H]1c1nc2c(o1)-c1ccc(B3OC(C)(C)C(C)(C)O3)cc1CCC2. The van der Waals surface area contributed by atoms with Gasteiger partial charge in [-0.3, -0.25) is 4.90 Å². The van der Waals surface area contributed by atoms with Crippen molar-refractivity contribution in [3.05, 3.63) is 35.3 Å². The molecule has 0 radical (unpaired) electrons. The van der Waals surface area contributed by atoms with Crippen LogP contribution in [0.25, 0.3) is 11.3 Å². The van der Waals surface area contributed by atoms with Gasteiger partial charge in [-0.2, -0.15) is 0 Å². The largest absolute Gasteiger partial charge is 0.494 e. The van der Waals surface area contributed by atoms with E-state index in [1.807, 2.05) is 20.8 Å². The van der Waals surface area contributed by atoms with Crippen molar-refractivity contribution in [2.24, 2.45) is 0 Å². The summed E-state index contributed by atoms with van der Waals surface area (Å²) in [6.45, 7) is 14.6. The van der Waals surface area contributed by atoms with E-state index in [2.05, 4.69) is 45.9 Å². The zero-order valence-corrected chi connectivity index (χ0v) is 22.1. The molecule has 2 fully saturated rings. The van der Waals surface area contributed by atoms with E-state index in [-0.39, 0.29) is 30.5 Å². The molecule has 5 rings (SSSR count). The van der Waals surface area contributed by atoms with Gasteiger partial charge in [0.25, 0.3) is 0 Å². The Balaban J connectivity index is 1.43. The third-order valence-electron chi connectivity index (χ3n) is 7.64. The smallest absolute Gasteiger partial charge is 0.444 e. The standard InChI is InChI=1S/C27H37BN2O5/c1-25(2,3)33-24(31)30-15-9-12-21(30)23-29-20-11-8-10-17-16-18(13-14-19(17)22(20)32-23)28-34-26(4,5)27(6,7)35-28/h13-14,16,21H,8-12,15H2,1-7H3/t21-/m0/s1. The molecular weight excluding hydrogens is 443 g/mol. The molecule has 1 amide bonds. The maximum absolute atomic E-state index is 12.8. The number of fused-ring (bicyclic) bond motifs is 3. The van der Waals surface area contributed by atoms with Gasteiger partial charge in [0.15, 0.2) is 5.76 Å². The molecule has 3 aliphatic rings. The van der Waals surface area contributed by atoms with Gasteiger partial charge in [0.2, 0.25) is 5.89 Å². The van der Waals surface area contributed by atoms with Crippen LogP contribution < -0.4 is 5.46 Å². The number of nitrogens with zero attached hydrogens (tertiary/aromatic N) is 2. The van der Waals surface area contributed by atoms with E-state index in [9.17, 15) is 4.79 Å². The van der Waals surface area contributed by atoms with Crippen molar-refractivity contribution in [1.82, 2.24) is 9.88 Å². The van der Waals surface area contributed by atoms with E-state index in [0.717, 1.165) is 54.6 Å². The second-order valence-electron chi connectivity index (χ2n) is 12.0. The highest BCUT2D eigenvalue weighted by molar-refractivity contribution is 6.62. The minimum Gasteiger partial charge on any atom is -0.444 e. The summed E-state index contributed by atoms with van der Waals surface area (Å²) < 4.78 is 24.6. The van der Waals surface area contributed by atoms with Gasteiger partial charge in [0.1, 0.15) is 11.6 Å². The molecule has 0 saturated carbocycles. The maximum Gasteiger partial charge on any atom is 0.494 e. The quantitative estimate of drug-likeness (QED) is 0.550. The molecule has 1 aromatic carbocycles. The fraction of sp³-hybridized carbons (Fsp3) is 0.630. The van der Waals surface area contributed by atoms with Gasteiger partial charge in [-0.25, -0.2) is 9.78 Å². The molecule has 2 saturated heterocycles. The fourth-order valence-corrected chi connectivity index (χ4v) is 5.07. The number of hydrogen-bond donors (Lipinski definition) is 0. The van der Waals surface area contributed by atoms with E-state index >= 15 is 0 Å². The van der Waals surface area contributed by atoms with Gasteiger partial charge >= 0.3 is 13.2 Å². The van der Waals surface area contributed by atoms with Crippen LogP contribution in [0.1, 0.15) is 90.9 Å². The fourth-order valence-electron chi connectivity index (χ4n) is 5.07. The summed E-state index contributed by atoms with van der Waals surface area (Å²) in [4.78, 5) is 19.5. The van der Waals surface area contributed by atoms with Crippen molar-refractivity contribution in [3.63, 3.8) is 0 Å². The molecule has 3 heterocycles. The van der Waals surface area contributed by atoms with Gasteiger partial charge in [0, 0.05) is 12.1 Å². The highest BCUT2D eigenvalue weighted by Gasteiger charge is 2.51. The van der Waals surface area contributed by atoms with E-state index in [1.54, 1.807) is 4.90 Å². The molecule has 2 aromatic rings. The Hall–Kier alpha value is -2.32. The van der Waals surface area contributed by atoms with Crippen molar-refractivity contribution in [1.29, 1.82) is 0 Å². The molecule has 188 valence electrons. The van der Waals surface area contributed by atoms with Crippen LogP contribution in [0.2, 0.25) is 0 Å². The van der Waals surface area contributed by atoms with E-state index < -0.39 is 5.60 Å². The summed E-state index contributed by atoms with van der Waals surface area (Å²) in [7, 11) is -0.390. The van der Waals surface area contributed by atoms with Crippen LogP contribution in [0.5, 0.6) is 0 Å². The van der Waals surface area contributed by atoms with Crippen molar-refractivity contribution in [3.8, 4) is 11.3 Å². The molecule has 1 aromatic heterocycles. The van der Waals surface area contributed by atoms with Crippen LogP contribution in [0.4, 0.5) is 4.79 Å². The number of ether oxygens (including phenoxy) is 1. The van der Waals surface area contributed by atoms with Crippen LogP contribution >= 0.6 is 0 Å². The van der Waals surface area contributed by atoms with Crippen molar-refractivity contribution >= 4 is 18.7 Å².